The molecular weight excluding hydrogens is 616 g/mol. The quantitative estimate of drug-likeness (QED) is 0.177. The van der Waals surface area contributed by atoms with Crippen LogP contribution in [0.25, 0.3) is 0 Å². The SMILES string of the molecule is CC(C)C[C@H](NC(=O)[C@@H](NC(=O)OCc1ccccn1)C(C)(C)C)C(=O)NC(CC1CCNC1=O)C(=O)C(=O)c1cc(F)cc(F)c1. The number of ether oxygens (including phenoxy) is 1. The second-order valence-electron chi connectivity index (χ2n) is 13.0. The van der Waals surface area contributed by atoms with Crippen LogP contribution in [0.2, 0.25) is 0 Å². The maximum atomic E-state index is 13.8. The first kappa shape index (κ1) is 36.7. The summed E-state index contributed by atoms with van der Waals surface area (Å²) in [5.41, 5.74) is -0.898. The zero-order valence-electron chi connectivity index (χ0n) is 27.0. The van der Waals surface area contributed by atoms with Crippen LogP contribution in [0.1, 0.15) is 69.9 Å². The standard InChI is InChI=1S/C33H41F2N5O7/c1-18(2)12-25(39-31(45)28(33(3,4)5)40-32(46)47-17-23-8-6-7-10-36-23)30(44)38-24(15-19-9-11-37-29(19)43)27(42)26(41)20-13-21(34)16-22(35)14-20/h6-8,10,13-14,16,18-19,24-25,28H,9,11-12,15,17H2,1-5H3,(H,37,43)(H,38,44)(H,39,45)(H,40,46)/t19?,24?,25-,28+/m0/s1. The van der Waals surface area contributed by atoms with Gasteiger partial charge in [0.2, 0.25) is 29.3 Å². The number of hydrogen-bond donors (Lipinski definition) is 4. The van der Waals surface area contributed by atoms with Gasteiger partial charge in [-0.25, -0.2) is 13.6 Å². The van der Waals surface area contributed by atoms with Crippen molar-refractivity contribution in [3.8, 4) is 0 Å². The molecule has 4 atom stereocenters. The molecule has 1 aliphatic heterocycles. The Bertz CT molecular complexity index is 1460. The van der Waals surface area contributed by atoms with Gasteiger partial charge in [-0.15, -0.1) is 0 Å². The van der Waals surface area contributed by atoms with Crippen LogP contribution in [-0.2, 0) is 30.5 Å². The summed E-state index contributed by atoms with van der Waals surface area (Å²) in [6.45, 7) is 8.91. The monoisotopic (exact) mass is 657 g/mol. The summed E-state index contributed by atoms with van der Waals surface area (Å²) in [5, 5.41) is 10.3. The lowest BCUT2D eigenvalue weighted by molar-refractivity contribution is -0.133. The van der Waals surface area contributed by atoms with E-state index in [1.54, 1.807) is 59.0 Å². The van der Waals surface area contributed by atoms with E-state index >= 15 is 0 Å². The fourth-order valence-electron chi connectivity index (χ4n) is 5.06. The predicted molar refractivity (Wildman–Crippen MR) is 166 cm³/mol. The fourth-order valence-corrected chi connectivity index (χ4v) is 5.06. The number of aromatic nitrogens is 1. The predicted octanol–water partition coefficient (Wildman–Crippen LogP) is 2.99. The fraction of sp³-hybridized carbons (Fsp3) is 0.485. The maximum absolute atomic E-state index is 13.8. The highest BCUT2D eigenvalue weighted by Gasteiger charge is 2.38. The molecule has 2 aromatic rings. The van der Waals surface area contributed by atoms with Crippen LogP contribution in [0.15, 0.2) is 42.6 Å². The number of ketones is 2. The van der Waals surface area contributed by atoms with Crippen LogP contribution >= 0.6 is 0 Å². The van der Waals surface area contributed by atoms with Crippen LogP contribution in [-0.4, -0.2) is 65.0 Å². The van der Waals surface area contributed by atoms with Gasteiger partial charge in [0.1, 0.15) is 30.3 Å². The third-order valence-corrected chi connectivity index (χ3v) is 7.47. The van der Waals surface area contributed by atoms with Crippen LogP contribution in [0.5, 0.6) is 0 Å². The molecule has 4 N–H and O–H groups in total. The highest BCUT2D eigenvalue weighted by molar-refractivity contribution is 6.45. The summed E-state index contributed by atoms with van der Waals surface area (Å²) in [7, 11) is 0. The average molecular weight is 658 g/mol. The minimum atomic E-state index is -1.54. The van der Waals surface area contributed by atoms with Gasteiger partial charge < -0.3 is 26.0 Å². The summed E-state index contributed by atoms with van der Waals surface area (Å²) in [6, 6.07) is 3.12. The number of nitrogens with one attached hydrogen (secondary N) is 4. The Kier molecular flexibility index (Phi) is 12.6. The van der Waals surface area contributed by atoms with E-state index in [0.717, 1.165) is 0 Å². The Hall–Kier alpha value is -4.75. The van der Waals surface area contributed by atoms with E-state index in [0.29, 0.717) is 36.9 Å². The first-order chi connectivity index (χ1) is 22.0. The molecule has 4 amide bonds. The van der Waals surface area contributed by atoms with Crippen molar-refractivity contribution in [3.05, 3.63) is 65.5 Å². The number of carbonyl (C=O) groups excluding carboxylic acids is 6. The molecule has 0 spiro atoms. The van der Waals surface area contributed by atoms with Gasteiger partial charge in [-0.3, -0.25) is 29.0 Å². The number of amides is 4. The van der Waals surface area contributed by atoms with E-state index in [1.807, 2.05) is 0 Å². The topological polar surface area (TPSA) is 173 Å². The van der Waals surface area contributed by atoms with Gasteiger partial charge in [0.05, 0.1) is 11.7 Å². The molecule has 14 heteroatoms. The van der Waals surface area contributed by atoms with Crippen molar-refractivity contribution in [1.82, 2.24) is 26.3 Å². The molecule has 2 heterocycles. The average Bonchev–Trinajstić information content (AvgIpc) is 3.40. The van der Waals surface area contributed by atoms with Gasteiger partial charge >= 0.3 is 6.09 Å². The minimum Gasteiger partial charge on any atom is -0.443 e. The molecule has 0 saturated carbocycles. The number of Topliss-reactive ketones (excluding diaryl/α,β-unsaturated/α-hetero) is 2. The molecule has 254 valence electrons. The molecule has 47 heavy (non-hydrogen) atoms. The van der Waals surface area contributed by atoms with E-state index in [4.69, 9.17) is 4.74 Å². The Balaban J connectivity index is 1.80. The van der Waals surface area contributed by atoms with Crippen LogP contribution in [0.3, 0.4) is 0 Å². The Labute approximate surface area is 271 Å². The van der Waals surface area contributed by atoms with Crippen molar-refractivity contribution in [2.45, 2.75) is 78.6 Å². The van der Waals surface area contributed by atoms with Crippen LogP contribution in [0, 0.1) is 28.9 Å². The molecule has 0 bridgehead atoms. The number of alkyl carbamates (subject to hydrolysis) is 1. The smallest absolute Gasteiger partial charge is 0.408 e. The summed E-state index contributed by atoms with van der Waals surface area (Å²) in [5.74, 6) is -7.33. The highest BCUT2D eigenvalue weighted by Crippen LogP contribution is 2.22. The van der Waals surface area contributed by atoms with Crippen LogP contribution in [0.4, 0.5) is 13.6 Å². The van der Waals surface area contributed by atoms with Gasteiger partial charge in [0.15, 0.2) is 0 Å². The van der Waals surface area contributed by atoms with Crippen molar-refractivity contribution in [1.29, 1.82) is 0 Å². The number of nitrogens with zero attached hydrogens (tertiary/aromatic N) is 1. The largest absolute Gasteiger partial charge is 0.443 e. The van der Waals surface area contributed by atoms with E-state index in [2.05, 4.69) is 26.3 Å². The number of hydrogen-bond acceptors (Lipinski definition) is 8. The molecule has 1 aliphatic rings. The van der Waals surface area contributed by atoms with Gasteiger partial charge in [-0.05, 0) is 54.9 Å². The number of rotatable bonds is 14. The van der Waals surface area contributed by atoms with E-state index in [1.165, 1.54) is 0 Å². The van der Waals surface area contributed by atoms with Gasteiger partial charge in [0.25, 0.3) is 0 Å². The second-order valence-corrected chi connectivity index (χ2v) is 13.0. The summed E-state index contributed by atoms with van der Waals surface area (Å²) in [4.78, 5) is 82.7. The van der Waals surface area contributed by atoms with Crippen molar-refractivity contribution in [2.24, 2.45) is 17.3 Å². The Morgan fingerprint density at radius 3 is 2.19 bits per heavy atom. The lowest BCUT2D eigenvalue weighted by Crippen LogP contribution is -2.59. The third-order valence-electron chi connectivity index (χ3n) is 7.47. The van der Waals surface area contributed by atoms with E-state index in [9.17, 15) is 37.5 Å². The zero-order valence-corrected chi connectivity index (χ0v) is 27.0. The molecule has 12 nitrogen and oxygen atoms in total. The third kappa shape index (κ3) is 10.9. The number of pyridine rings is 1. The van der Waals surface area contributed by atoms with Crippen molar-refractivity contribution < 1.29 is 42.3 Å². The van der Waals surface area contributed by atoms with E-state index < -0.39 is 76.1 Å². The summed E-state index contributed by atoms with van der Waals surface area (Å²) < 4.78 is 32.9. The number of benzene rings is 1. The number of halogens is 2. The lowest BCUT2D eigenvalue weighted by atomic mass is 9.86. The Morgan fingerprint density at radius 2 is 1.64 bits per heavy atom. The molecule has 1 fully saturated rings. The summed E-state index contributed by atoms with van der Waals surface area (Å²) >= 11 is 0. The van der Waals surface area contributed by atoms with Crippen molar-refractivity contribution in [2.75, 3.05) is 6.54 Å². The molecule has 2 unspecified atom stereocenters. The second kappa shape index (κ2) is 16.2. The highest BCUT2D eigenvalue weighted by atomic mass is 19.1. The van der Waals surface area contributed by atoms with Gasteiger partial charge in [-0.2, -0.15) is 0 Å². The Morgan fingerprint density at radius 1 is 0.979 bits per heavy atom. The maximum Gasteiger partial charge on any atom is 0.408 e. The molecule has 3 rings (SSSR count). The first-order valence-corrected chi connectivity index (χ1v) is 15.3. The van der Waals surface area contributed by atoms with Gasteiger partial charge in [0, 0.05) is 30.3 Å². The number of carbonyl (C=O) groups is 6. The molecule has 1 saturated heterocycles. The summed E-state index contributed by atoms with van der Waals surface area (Å²) in [6.07, 6.45) is 0.842. The molecular formula is C33H41F2N5O7. The molecule has 1 aromatic carbocycles. The normalized spacial score (nSPS) is 16.4. The van der Waals surface area contributed by atoms with Crippen molar-refractivity contribution in [3.63, 3.8) is 0 Å². The molecule has 1 aromatic heterocycles. The first-order valence-electron chi connectivity index (χ1n) is 15.3. The van der Waals surface area contributed by atoms with Crippen LogP contribution < -0.4 is 21.3 Å². The minimum absolute atomic E-state index is 0.104. The molecule has 0 aliphatic carbocycles. The zero-order chi connectivity index (χ0) is 34.9. The van der Waals surface area contributed by atoms with Crippen molar-refractivity contribution >= 4 is 35.4 Å². The lowest BCUT2D eigenvalue weighted by Gasteiger charge is -2.32. The van der Waals surface area contributed by atoms with Gasteiger partial charge in [-0.1, -0.05) is 40.7 Å². The molecule has 0 radical (unpaired) electrons. The van der Waals surface area contributed by atoms with E-state index in [-0.39, 0.29) is 31.3 Å².